The van der Waals surface area contributed by atoms with Crippen molar-refractivity contribution in [2.24, 2.45) is 0 Å². The van der Waals surface area contributed by atoms with Crippen LogP contribution in [0.1, 0.15) is 69.5 Å². The van der Waals surface area contributed by atoms with Crippen LogP contribution < -0.4 is 0 Å². The molecule has 0 saturated carbocycles. The topological polar surface area (TPSA) is 118 Å². The molecule has 1 aromatic heterocycles. The summed E-state index contributed by atoms with van der Waals surface area (Å²) in [5, 5.41) is 0. The minimum absolute atomic E-state index is 0.0209. The number of aromatic nitrogens is 1. The summed E-state index contributed by atoms with van der Waals surface area (Å²) in [6.45, 7) is 0.884. The number of benzene rings is 4. The van der Waals surface area contributed by atoms with E-state index < -0.39 is 35.1 Å². The van der Waals surface area contributed by atoms with Crippen LogP contribution in [0.15, 0.2) is 121 Å². The van der Waals surface area contributed by atoms with Crippen LogP contribution in [0.25, 0.3) is 0 Å². The number of ether oxygens (including phenoxy) is 4. The van der Waals surface area contributed by atoms with E-state index in [2.05, 4.69) is 4.98 Å². The van der Waals surface area contributed by atoms with E-state index in [0.29, 0.717) is 22.3 Å². The molecule has 0 fully saturated rings. The predicted molar refractivity (Wildman–Crippen MR) is 171 cm³/mol. The van der Waals surface area contributed by atoms with Gasteiger partial charge in [-0.1, -0.05) is 121 Å². The van der Waals surface area contributed by atoms with E-state index in [4.69, 9.17) is 18.9 Å². The lowest BCUT2D eigenvalue weighted by atomic mass is 9.98. The second kappa shape index (κ2) is 15.8. The normalized spacial score (nSPS) is 10.5. The number of hydrogen-bond donors (Lipinski definition) is 0. The van der Waals surface area contributed by atoms with Gasteiger partial charge in [-0.3, -0.25) is 0 Å². The molecule has 9 nitrogen and oxygen atoms in total. The lowest BCUT2D eigenvalue weighted by Gasteiger charge is -2.18. The summed E-state index contributed by atoms with van der Waals surface area (Å²) >= 11 is 0. The van der Waals surface area contributed by atoms with E-state index in [1.807, 2.05) is 24.3 Å². The number of hydrogen-bond acceptors (Lipinski definition) is 9. The Bertz CT molecular complexity index is 1840. The van der Waals surface area contributed by atoms with Gasteiger partial charge in [-0.25, -0.2) is 24.2 Å². The molecule has 0 radical (unpaired) electrons. The van der Waals surface area contributed by atoms with E-state index in [1.165, 1.54) is 6.92 Å². The van der Waals surface area contributed by atoms with Crippen LogP contribution in [0.4, 0.5) is 0 Å². The fourth-order valence-electron chi connectivity index (χ4n) is 4.65. The maximum atomic E-state index is 13.8. The monoisotopic (exact) mass is 629 g/mol. The van der Waals surface area contributed by atoms with E-state index in [-0.39, 0.29) is 43.2 Å². The van der Waals surface area contributed by atoms with Crippen LogP contribution in [0.3, 0.4) is 0 Å². The minimum Gasteiger partial charge on any atom is -0.457 e. The summed E-state index contributed by atoms with van der Waals surface area (Å²) in [5.74, 6) is -3.94. The van der Waals surface area contributed by atoms with Crippen molar-refractivity contribution >= 4 is 23.9 Å². The predicted octanol–water partition coefficient (Wildman–Crippen LogP) is 6.82. The summed E-state index contributed by atoms with van der Waals surface area (Å²) < 4.78 is 22.2. The molecule has 47 heavy (non-hydrogen) atoms. The molecule has 0 atom stereocenters. The van der Waals surface area contributed by atoms with E-state index in [1.54, 1.807) is 97.1 Å². The Balaban J connectivity index is 1.55. The SMILES string of the molecule is Cc1c(C(=O)OCc2ccccc2)nc(C(=O)OCc2ccccc2)c(C(=O)OCc2ccccc2)c1C(=O)OCc1ccccc1. The number of pyridine rings is 1. The second-order valence-corrected chi connectivity index (χ2v) is 10.4. The van der Waals surface area contributed by atoms with Gasteiger partial charge in [0.05, 0.1) is 5.56 Å². The first-order valence-corrected chi connectivity index (χ1v) is 14.8. The van der Waals surface area contributed by atoms with Crippen molar-refractivity contribution in [3.8, 4) is 0 Å². The summed E-state index contributed by atoms with van der Waals surface area (Å²) in [6, 6.07) is 35.7. The van der Waals surface area contributed by atoms with Crippen LogP contribution in [-0.2, 0) is 45.4 Å². The Kier molecular flexibility index (Phi) is 10.8. The summed E-state index contributed by atoms with van der Waals surface area (Å²) in [5.41, 5.74) is 0.963. The third-order valence-electron chi connectivity index (χ3n) is 7.09. The molecule has 4 aromatic carbocycles. The molecule has 0 saturated heterocycles. The average molecular weight is 630 g/mol. The van der Waals surface area contributed by atoms with Gasteiger partial charge >= 0.3 is 23.9 Å². The van der Waals surface area contributed by atoms with Gasteiger partial charge in [0.15, 0.2) is 11.4 Å². The van der Waals surface area contributed by atoms with Crippen molar-refractivity contribution in [2.45, 2.75) is 33.4 Å². The van der Waals surface area contributed by atoms with Crippen LogP contribution in [-0.4, -0.2) is 28.9 Å². The largest absolute Gasteiger partial charge is 0.457 e. The highest BCUT2D eigenvalue weighted by Gasteiger charge is 2.34. The van der Waals surface area contributed by atoms with Gasteiger partial charge in [-0.05, 0) is 34.7 Å². The van der Waals surface area contributed by atoms with Crippen molar-refractivity contribution < 1.29 is 38.1 Å². The van der Waals surface area contributed by atoms with Crippen molar-refractivity contribution in [2.75, 3.05) is 0 Å². The molecule has 0 bridgehead atoms. The van der Waals surface area contributed by atoms with E-state index >= 15 is 0 Å². The molecular weight excluding hydrogens is 598 g/mol. The van der Waals surface area contributed by atoms with Crippen molar-refractivity contribution in [3.63, 3.8) is 0 Å². The van der Waals surface area contributed by atoms with Gasteiger partial charge in [-0.15, -0.1) is 0 Å². The molecule has 236 valence electrons. The minimum atomic E-state index is -1.05. The maximum absolute atomic E-state index is 13.8. The number of carbonyl (C=O) groups excluding carboxylic acids is 4. The van der Waals surface area contributed by atoms with Gasteiger partial charge in [0, 0.05) is 0 Å². The molecule has 5 rings (SSSR count). The molecule has 0 amide bonds. The number of esters is 4. The zero-order chi connectivity index (χ0) is 33.0. The Labute approximate surface area is 271 Å². The molecule has 0 aliphatic heterocycles. The van der Waals surface area contributed by atoms with Gasteiger partial charge < -0.3 is 18.9 Å². The third kappa shape index (κ3) is 8.55. The molecular formula is C38H31NO8. The first-order valence-electron chi connectivity index (χ1n) is 14.8. The van der Waals surface area contributed by atoms with Crippen LogP contribution in [0, 0.1) is 6.92 Å². The lowest BCUT2D eigenvalue weighted by molar-refractivity contribution is 0.0395. The van der Waals surface area contributed by atoms with Gasteiger partial charge in [0.1, 0.15) is 32.0 Å². The number of nitrogens with zero attached hydrogens (tertiary/aromatic N) is 1. The molecule has 0 N–H and O–H groups in total. The van der Waals surface area contributed by atoms with E-state index in [0.717, 1.165) is 0 Å². The Morgan fingerprint density at radius 1 is 0.426 bits per heavy atom. The summed E-state index contributed by atoms with van der Waals surface area (Å²) in [4.78, 5) is 58.9. The van der Waals surface area contributed by atoms with Crippen LogP contribution >= 0.6 is 0 Å². The Morgan fingerprint density at radius 2 is 0.723 bits per heavy atom. The van der Waals surface area contributed by atoms with Gasteiger partial charge in [0.2, 0.25) is 0 Å². The second-order valence-electron chi connectivity index (χ2n) is 10.4. The molecule has 9 heteroatoms. The average Bonchev–Trinajstić information content (AvgIpc) is 3.12. The zero-order valence-electron chi connectivity index (χ0n) is 25.6. The first-order chi connectivity index (χ1) is 22.9. The third-order valence-corrected chi connectivity index (χ3v) is 7.09. The molecule has 1 heterocycles. The maximum Gasteiger partial charge on any atom is 0.358 e. The highest BCUT2D eigenvalue weighted by Crippen LogP contribution is 2.26. The van der Waals surface area contributed by atoms with Crippen molar-refractivity contribution in [1.82, 2.24) is 4.98 Å². The fraction of sp³-hybridized carbons (Fsp3) is 0.132. The Morgan fingerprint density at radius 3 is 1.09 bits per heavy atom. The number of carbonyl (C=O) groups is 4. The molecule has 0 unspecified atom stereocenters. The summed E-state index contributed by atoms with van der Waals surface area (Å²) in [7, 11) is 0. The zero-order valence-corrected chi connectivity index (χ0v) is 25.6. The number of rotatable bonds is 12. The Hall–Kier alpha value is -6.09. The standard InChI is InChI=1S/C38H31NO8/c1-26-31(35(40)44-22-27-14-6-2-7-15-27)32(36(41)45-23-28-16-8-3-9-17-28)34(38(43)47-25-30-20-12-5-13-21-30)39-33(26)37(42)46-24-29-18-10-4-11-19-29/h2-21H,22-25H2,1H3. The van der Waals surface area contributed by atoms with Crippen LogP contribution in [0.2, 0.25) is 0 Å². The lowest BCUT2D eigenvalue weighted by Crippen LogP contribution is -2.26. The summed E-state index contributed by atoms with van der Waals surface area (Å²) in [6.07, 6.45) is 0. The molecule has 0 spiro atoms. The van der Waals surface area contributed by atoms with Crippen LogP contribution in [0.5, 0.6) is 0 Å². The van der Waals surface area contributed by atoms with Gasteiger partial charge in [-0.2, -0.15) is 0 Å². The molecule has 0 aliphatic rings. The highest BCUT2D eigenvalue weighted by molar-refractivity contribution is 6.11. The smallest absolute Gasteiger partial charge is 0.358 e. The van der Waals surface area contributed by atoms with E-state index in [9.17, 15) is 19.2 Å². The molecule has 0 aliphatic carbocycles. The fourth-order valence-corrected chi connectivity index (χ4v) is 4.65. The van der Waals surface area contributed by atoms with Gasteiger partial charge in [0.25, 0.3) is 0 Å². The quantitative estimate of drug-likeness (QED) is 0.108. The molecule has 5 aromatic rings. The first kappa shape index (κ1) is 32.3. The highest BCUT2D eigenvalue weighted by atomic mass is 16.5. The van der Waals surface area contributed by atoms with Crippen molar-refractivity contribution in [1.29, 1.82) is 0 Å². The van der Waals surface area contributed by atoms with Crippen molar-refractivity contribution in [3.05, 3.63) is 172 Å².